The fraction of sp³-hybridized carbons (Fsp3) is 0.176. The van der Waals surface area contributed by atoms with Gasteiger partial charge in [0, 0.05) is 10.0 Å². The largest absolute Gasteiger partial charge is 0.325 e. The Bertz CT molecular complexity index is 778. The fourth-order valence-electron chi connectivity index (χ4n) is 2.66. The second-order valence-electron chi connectivity index (χ2n) is 5.55. The molecule has 6 heteroatoms. The molecule has 2 aromatic carbocycles. The molecule has 1 heterocycles. The smallest absolute Gasteiger partial charge is 0.319 e. The Balaban J connectivity index is 1.91. The van der Waals surface area contributed by atoms with Crippen molar-refractivity contribution in [2.24, 2.45) is 0 Å². The molecule has 3 rings (SSSR count). The van der Waals surface area contributed by atoms with E-state index < -0.39 is 23.3 Å². The van der Waals surface area contributed by atoms with Crippen molar-refractivity contribution in [1.29, 1.82) is 0 Å². The Morgan fingerprint density at radius 2 is 1.78 bits per heavy atom. The Kier molecular flexibility index (Phi) is 3.93. The predicted octanol–water partition coefficient (Wildman–Crippen LogP) is 3.56. The van der Waals surface area contributed by atoms with Gasteiger partial charge in [-0.3, -0.25) is 9.69 Å². The molecule has 0 radical (unpaired) electrons. The van der Waals surface area contributed by atoms with Gasteiger partial charge in [0.05, 0.1) is 6.54 Å². The summed E-state index contributed by atoms with van der Waals surface area (Å²) in [6, 6.07) is 12.8. The molecule has 1 aliphatic heterocycles. The summed E-state index contributed by atoms with van der Waals surface area (Å²) in [5.74, 6) is -0.982. The number of hydrogen-bond donors (Lipinski definition) is 1. The Morgan fingerprint density at radius 3 is 2.43 bits per heavy atom. The molecule has 23 heavy (non-hydrogen) atoms. The zero-order chi connectivity index (χ0) is 16.6. The minimum Gasteiger partial charge on any atom is -0.319 e. The van der Waals surface area contributed by atoms with Crippen LogP contribution in [0, 0.1) is 5.82 Å². The second-order valence-corrected chi connectivity index (χ2v) is 6.47. The van der Waals surface area contributed by atoms with E-state index in [1.807, 2.05) is 24.3 Å². The lowest BCUT2D eigenvalue weighted by atomic mass is 9.91. The summed E-state index contributed by atoms with van der Waals surface area (Å²) in [7, 11) is 0. The van der Waals surface area contributed by atoms with Crippen LogP contribution < -0.4 is 5.32 Å². The van der Waals surface area contributed by atoms with Gasteiger partial charge in [-0.25, -0.2) is 9.18 Å². The molecular weight excluding hydrogens is 363 g/mol. The van der Waals surface area contributed by atoms with Gasteiger partial charge < -0.3 is 5.32 Å². The first-order valence-corrected chi connectivity index (χ1v) is 7.84. The number of halogens is 2. The Hall–Kier alpha value is -2.21. The molecule has 1 fully saturated rings. The van der Waals surface area contributed by atoms with Crippen LogP contribution in [-0.4, -0.2) is 16.8 Å². The molecule has 1 atom stereocenters. The molecule has 0 spiro atoms. The summed E-state index contributed by atoms with van der Waals surface area (Å²) in [5.41, 5.74) is -0.413. The third kappa shape index (κ3) is 2.74. The zero-order valence-electron chi connectivity index (χ0n) is 12.3. The van der Waals surface area contributed by atoms with Gasteiger partial charge in [-0.1, -0.05) is 46.3 Å². The first-order valence-electron chi connectivity index (χ1n) is 7.05. The van der Waals surface area contributed by atoms with Crippen molar-refractivity contribution in [3.8, 4) is 0 Å². The lowest BCUT2D eigenvalue weighted by molar-refractivity contribution is -0.131. The lowest BCUT2D eigenvalue weighted by Crippen LogP contribution is -2.41. The summed E-state index contributed by atoms with van der Waals surface area (Å²) in [6.07, 6.45) is 0. The summed E-state index contributed by atoms with van der Waals surface area (Å²) in [6.45, 7) is 1.66. The van der Waals surface area contributed by atoms with Crippen LogP contribution in [0.25, 0.3) is 0 Å². The van der Waals surface area contributed by atoms with E-state index in [9.17, 15) is 14.0 Å². The van der Waals surface area contributed by atoms with Crippen LogP contribution in [0.1, 0.15) is 18.1 Å². The third-order valence-corrected chi connectivity index (χ3v) is 4.47. The molecule has 0 saturated carbocycles. The van der Waals surface area contributed by atoms with Crippen LogP contribution in [0.4, 0.5) is 9.18 Å². The van der Waals surface area contributed by atoms with Gasteiger partial charge in [-0.05, 0) is 30.7 Å². The Morgan fingerprint density at radius 1 is 1.13 bits per heavy atom. The quantitative estimate of drug-likeness (QED) is 0.832. The fourth-order valence-corrected chi connectivity index (χ4v) is 2.93. The maximum absolute atomic E-state index is 14.1. The van der Waals surface area contributed by atoms with E-state index in [4.69, 9.17) is 0 Å². The van der Waals surface area contributed by atoms with Crippen molar-refractivity contribution in [2.75, 3.05) is 0 Å². The van der Waals surface area contributed by atoms with E-state index >= 15 is 0 Å². The van der Waals surface area contributed by atoms with Crippen molar-refractivity contribution in [1.82, 2.24) is 10.2 Å². The highest BCUT2D eigenvalue weighted by molar-refractivity contribution is 9.10. The second kappa shape index (κ2) is 5.77. The highest BCUT2D eigenvalue weighted by Gasteiger charge is 2.50. The number of rotatable bonds is 3. The molecule has 1 saturated heterocycles. The van der Waals surface area contributed by atoms with E-state index in [1.165, 1.54) is 19.1 Å². The van der Waals surface area contributed by atoms with Crippen molar-refractivity contribution < 1.29 is 14.0 Å². The molecule has 1 aliphatic rings. The molecule has 0 aliphatic carbocycles. The van der Waals surface area contributed by atoms with Crippen LogP contribution >= 0.6 is 15.9 Å². The van der Waals surface area contributed by atoms with Gasteiger partial charge in [-0.15, -0.1) is 0 Å². The standard InChI is InChI=1S/C17H14BrFN2O2/c1-17(13-4-2-3-5-14(13)19)15(22)21(16(23)20-17)10-11-6-8-12(18)9-7-11/h2-9H,10H2,1H3,(H,20,23)/t17-/m0/s1. The average Bonchev–Trinajstić information content (AvgIpc) is 2.74. The SMILES string of the molecule is C[C@@]1(c2ccccc2F)NC(=O)N(Cc2ccc(Br)cc2)C1=O. The molecular formula is C17H14BrFN2O2. The van der Waals surface area contributed by atoms with Crippen LogP contribution in [0.5, 0.6) is 0 Å². The molecule has 0 aromatic heterocycles. The molecule has 2 aromatic rings. The first kappa shape index (κ1) is 15.7. The van der Waals surface area contributed by atoms with Gasteiger partial charge >= 0.3 is 6.03 Å². The number of nitrogens with zero attached hydrogens (tertiary/aromatic N) is 1. The first-order chi connectivity index (χ1) is 10.9. The van der Waals surface area contributed by atoms with Crippen molar-refractivity contribution in [3.05, 3.63) is 69.9 Å². The van der Waals surface area contributed by atoms with Gasteiger partial charge in [0.2, 0.25) is 0 Å². The predicted molar refractivity (Wildman–Crippen MR) is 87.0 cm³/mol. The van der Waals surface area contributed by atoms with Crippen molar-refractivity contribution in [2.45, 2.75) is 19.0 Å². The number of hydrogen-bond acceptors (Lipinski definition) is 2. The number of urea groups is 1. The third-order valence-electron chi connectivity index (χ3n) is 3.94. The van der Waals surface area contributed by atoms with E-state index in [0.29, 0.717) is 0 Å². The molecule has 3 amide bonds. The summed E-state index contributed by atoms with van der Waals surface area (Å²) in [4.78, 5) is 26.1. The monoisotopic (exact) mass is 376 g/mol. The van der Waals surface area contributed by atoms with Crippen LogP contribution in [0.3, 0.4) is 0 Å². The number of nitrogens with one attached hydrogen (secondary N) is 1. The number of carbonyl (C=O) groups excluding carboxylic acids is 2. The number of imide groups is 1. The number of benzene rings is 2. The maximum Gasteiger partial charge on any atom is 0.325 e. The van der Waals surface area contributed by atoms with Gasteiger partial charge in [0.25, 0.3) is 5.91 Å². The normalized spacial score (nSPS) is 20.7. The minimum absolute atomic E-state index is 0.141. The molecule has 0 bridgehead atoms. The molecule has 1 N–H and O–H groups in total. The van der Waals surface area contributed by atoms with E-state index in [1.54, 1.807) is 12.1 Å². The van der Waals surface area contributed by atoms with Crippen molar-refractivity contribution in [3.63, 3.8) is 0 Å². The van der Waals surface area contributed by atoms with E-state index in [0.717, 1.165) is 14.9 Å². The van der Waals surface area contributed by atoms with Gasteiger partial charge in [0.15, 0.2) is 0 Å². The maximum atomic E-state index is 14.1. The van der Waals surface area contributed by atoms with Gasteiger partial charge in [0.1, 0.15) is 11.4 Å². The Labute approximate surface area is 141 Å². The average molecular weight is 377 g/mol. The number of amides is 3. The molecule has 4 nitrogen and oxygen atoms in total. The lowest BCUT2D eigenvalue weighted by Gasteiger charge is -2.22. The van der Waals surface area contributed by atoms with Gasteiger partial charge in [-0.2, -0.15) is 0 Å². The van der Waals surface area contributed by atoms with Crippen LogP contribution in [0.15, 0.2) is 53.0 Å². The van der Waals surface area contributed by atoms with Crippen LogP contribution in [0.2, 0.25) is 0 Å². The summed E-state index contributed by atoms with van der Waals surface area (Å²) in [5, 5.41) is 2.61. The van der Waals surface area contributed by atoms with Crippen molar-refractivity contribution >= 4 is 27.9 Å². The number of carbonyl (C=O) groups is 2. The highest BCUT2D eigenvalue weighted by atomic mass is 79.9. The molecule has 118 valence electrons. The minimum atomic E-state index is -1.39. The highest BCUT2D eigenvalue weighted by Crippen LogP contribution is 2.31. The van der Waals surface area contributed by atoms with Crippen LogP contribution in [-0.2, 0) is 16.9 Å². The zero-order valence-corrected chi connectivity index (χ0v) is 13.9. The summed E-state index contributed by atoms with van der Waals surface area (Å²) >= 11 is 3.34. The molecule has 0 unspecified atom stereocenters. The van der Waals surface area contributed by atoms with E-state index in [-0.39, 0.29) is 12.1 Å². The summed E-state index contributed by atoms with van der Waals surface area (Å²) < 4.78 is 15.0. The topological polar surface area (TPSA) is 49.4 Å². The van der Waals surface area contributed by atoms with E-state index in [2.05, 4.69) is 21.2 Å².